The van der Waals surface area contributed by atoms with Crippen LogP contribution < -0.4 is 19.3 Å². The van der Waals surface area contributed by atoms with Crippen LogP contribution in [0.1, 0.15) is 82.3 Å². The molecule has 2 heterocycles. The van der Waals surface area contributed by atoms with Gasteiger partial charge in [0.1, 0.15) is 23.1 Å². The van der Waals surface area contributed by atoms with Crippen molar-refractivity contribution in [1.82, 2.24) is 0 Å². The summed E-state index contributed by atoms with van der Waals surface area (Å²) in [6, 6.07) is 116. The first kappa shape index (κ1) is 67.9. The Kier molecular flexibility index (Phi) is 17.5. The Bertz CT molecular complexity index is 5290. The van der Waals surface area contributed by atoms with Gasteiger partial charge in [0, 0.05) is 34.1 Å². The van der Waals surface area contributed by atoms with E-state index in [2.05, 4.69) is 315 Å². The Morgan fingerprint density at radius 3 is 0.917 bits per heavy atom. The van der Waals surface area contributed by atoms with Gasteiger partial charge in [-0.05, 0) is 247 Å². The van der Waals surface area contributed by atoms with Crippen molar-refractivity contribution in [2.24, 2.45) is 10.8 Å². The van der Waals surface area contributed by atoms with Gasteiger partial charge in [-0.25, -0.2) is 8.78 Å². The lowest BCUT2D eigenvalue weighted by Gasteiger charge is -2.40. The van der Waals surface area contributed by atoms with E-state index in [9.17, 15) is 0 Å². The minimum absolute atomic E-state index is 0.0236. The highest BCUT2D eigenvalue weighted by atomic mass is 19.1. The van der Waals surface area contributed by atoms with E-state index in [1.807, 2.05) is 24.3 Å². The third-order valence-corrected chi connectivity index (χ3v) is 23.6. The van der Waals surface area contributed by atoms with Crippen molar-refractivity contribution in [2.45, 2.75) is 51.4 Å². The molecule has 0 bridgehead atoms. The predicted octanol–water partition coefficient (Wildman–Crippen LogP) is 24.9. The molecule has 530 valence electrons. The molecule has 0 aromatic heterocycles. The number of fused-ring (bicyclic) bond motifs is 6. The lowest BCUT2D eigenvalue weighted by Crippen LogP contribution is -2.46. The van der Waals surface area contributed by atoms with E-state index in [0.29, 0.717) is 62.1 Å². The Hall–Kier alpha value is -11.9. The smallest absolute Gasteiger partial charge is 0.128 e. The maximum Gasteiger partial charge on any atom is 0.128 e. The molecule has 0 spiro atoms. The summed E-state index contributed by atoms with van der Waals surface area (Å²) in [6.45, 7) is 12.0. The molecule has 0 amide bonds. The predicted molar refractivity (Wildman–Crippen MR) is 434 cm³/mol. The highest BCUT2D eigenvalue weighted by molar-refractivity contribution is 5.94. The van der Waals surface area contributed by atoms with Crippen molar-refractivity contribution in [3.05, 3.63) is 395 Å². The third-order valence-electron chi connectivity index (χ3n) is 23.6. The van der Waals surface area contributed by atoms with E-state index >= 15 is 8.78 Å². The second-order valence-electron chi connectivity index (χ2n) is 29.9. The number of ether oxygens (including phenoxy) is 4. The molecule has 0 saturated carbocycles. The number of aryl methyl sites for hydroxylation is 2. The minimum atomic E-state index is -0.791. The molecule has 2 atom stereocenters. The van der Waals surface area contributed by atoms with Crippen LogP contribution in [-0.2, 0) is 20.3 Å². The fourth-order valence-corrected chi connectivity index (χ4v) is 17.1. The highest BCUT2D eigenvalue weighted by Crippen LogP contribution is 2.61. The third kappa shape index (κ3) is 11.7. The quantitative estimate of drug-likeness (QED) is 0.0714. The van der Waals surface area contributed by atoms with Crippen LogP contribution in [-0.4, -0.2) is 39.6 Å². The van der Waals surface area contributed by atoms with Crippen LogP contribution in [0.5, 0.6) is 11.5 Å². The largest absolute Gasteiger partial charge is 0.493 e. The van der Waals surface area contributed by atoms with Crippen molar-refractivity contribution >= 4 is 34.1 Å². The van der Waals surface area contributed by atoms with Gasteiger partial charge in [0.15, 0.2) is 0 Å². The van der Waals surface area contributed by atoms with Gasteiger partial charge in [-0.1, -0.05) is 232 Å². The lowest BCUT2D eigenvalue weighted by molar-refractivity contribution is -0.133. The van der Waals surface area contributed by atoms with Crippen LogP contribution in [0.4, 0.5) is 42.9 Å². The SMILES string of the molecule is CCC1(COc2ccc(C3(c4ccccc4)c4cc(-c5ccccc5)ccc4-c4ccc(N(c5ccc(-c6ccc(N(c7ccc(C)c(F)c7)c7ccc8c(c7)C(c7ccccc7)(c7ccc(OCC9(CC)COC9)cc7)c7cc(-c9ccccc9)ccc7-8)cc6)cc5)c5ccc(C)c(F)c5)cc43)cc2)COC1. The summed E-state index contributed by atoms with van der Waals surface area (Å²) in [5.74, 6) is 1.06. The van der Waals surface area contributed by atoms with Crippen molar-refractivity contribution in [1.29, 1.82) is 0 Å². The van der Waals surface area contributed by atoms with E-state index in [1.165, 1.54) is 11.1 Å². The minimum Gasteiger partial charge on any atom is -0.493 e. The molecule has 2 unspecified atom stereocenters. The van der Waals surface area contributed by atoms with Gasteiger partial charge in [0.05, 0.1) is 61.3 Å². The topological polar surface area (TPSA) is 43.4 Å². The molecule has 14 aromatic rings. The maximum atomic E-state index is 16.3. The van der Waals surface area contributed by atoms with Gasteiger partial charge in [-0.2, -0.15) is 0 Å². The van der Waals surface area contributed by atoms with E-state index in [0.717, 1.165) is 136 Å². The van der Waals surface area contributed by atoms with E-state index < -0.39 is 10.8 Å². The zero-order chi connectivity index (χ0) is 73.1. The van der Waals surface area contributed by atoms with Crippen LogP contribution in [0.25, 0.3) is 55.6 Å². The van der Waals surface area contributed by atoms with Gasteiger partial charge in [0.25, 0.3) is 0 Å². The van der Waals surface area contributed by atoms with Crippen molar-refractivity contribution in [2.75, 3.05) is 49.4 Å². The average Bonchev–Trinajstić information content (AvgIpc) is 1.53. The fourth-order valence-electron chi connectivity index (χ4n) is 17.1. The van der Waals surface area contributed by atoms with Gasteiger partial charge in [-0.15, -0.1) is 0 Å². The fraction of sp³-hybridized carbons (Fsp3) is 0.160. The molecule has 0 N–H and O–H groups in total. The van der Waals surface area contributed by atoms with Crippen molar-refractivity contribution < 1.29 is 27.7 Å². The molecule has 14 aromatic carbocycles. The zero-order valence-electron chi connectivity index (χ0n) is 61.1. The number of hydrogen-bond donors (Lipinski definition) is 0. The van der Waals surface area contributed by atoms with Crippen molar-refractivity contribution in [3.8, 4) is 67.1 Å². The summed E-state index contributed by atoms with van der Waals surface area (Å²) in [5.41, 5.74) is 24.5. The molecule has 0 radical (unpaired) electrons. The van der Waals surface area contributed by atoms with E-state index in [4.69, 9.17) is 18.9 Å². The Balaban J connectivity index is 0.730. The summed E-state index contributed by atoms with van der Waals surface area (Å²) in [4.78, 5) is 4.35. The molecule has 108 heavy (non-hydrogen) atoms. The summed E-state index contributed by atoms with van der Waals surface area (Å²) < 4.78 is 57.1. The monoisotopic (exact) mass is 1410 g/mol. The lowest BCUT2D eigenvalue weighted by atomic mass is 9.67. The van der Waals surface area contributed by atoms with Crippen LogP contribution in [0, 0.1) is 36.3 Å². The Morgan fingerprint density at radius 2 is 0.583 bits per heavy atom. The first-order valence-corrected chi connectivity index (χ1v) is 37.7. The first-order valence-electron chi connectivity index (χ1n) is 37.7. The summed E-state index contributed by atoms with van der Waals surface area (Å²) in [5, 5.41) is 0. The molecule has 6 nitrogen and oxygen atoms in total. The summed E-state index contributed by atoms with van der Waals surface area (Å²) in [6.07, 6.45) is 1.97. The van der Waals surface area contributed by atoms with Crippen LogP contribution in [0.15, 0.2) is 328 Å². The number of nitrogens with zero attached hydrogens (tertiary/aromatic N) is 2. The molecular formula is C100H82F2N2O4. The molecule has 2 aliphatic heterocycles. The average molecular weight is 1410 g/mol. The summed E-state index contributed by atoms with van der Waals surface area (Å²) >= 11 is 0. The highest BCUT2D eigenvalue weighted by Gasteiger charge is 2.49. The molecule has 2 fully saturated rings. The van der Waals surface area contributed by atoms with Crippen LogP contribution in [0.3, 0.4) is 0 Å². The van der Waals surface area contributed by atoms with E-state index in [1.54, 1.807) is 26.0 Å². The molecule has 18 rings (SSSR count). The molecular weight excluding hydrogens is 1330 g/mol. The number of halogens is 2. The van der Waals surface area contributed by atoms with Crippen LogP contribution >= 0.6 is 0 Å². The first-order chi connectivity index (χ1) is 52.9. The normalized spacial score (nSPS) is 16.8. The number of anilines is 6. The van der Waals surface area contributed by atoms with Gasteiger partial charge in [0.2, 0.25) is 0 Å². The molecule has 2 saturated heterocycles. The number of benzene rings is 14. The molecule has 8 heteroatoms. The zero-order valence-corrected chi connectivity index (χ0v) is 61.1. The Morgan fingerprint density at radius 1 is 0.296 bits per heavy atom. The Labute approximate surface area is 631 Å². The number of hydrogen-bond acceptors (Lipinski definition) is 6. The second kappa shape index (κ2) is 27.8. The van der Waals surface area contributed by atoms with Gasteiger partial charge in [-0.3, -0.25) is 0 Å². The van der Waals surface area contributed by atoms with Gasteiger partial charge >= 0.3 is 0 Å². The van der Waals surface area contributed by atoms with Crippen molar-refractivity contribution in [3.63, 3.8) is 0 Å². The summed E-state index contributed by atoms with van der Waals surface area (Å²) in [7, 11) is 0. The number of rotatable bonds is 21. The second-order valence-corrected chi connectivity index (χ2v) is 29.9. The standard InChI is InChI=1S/C100H82F2N2O4/c1-5-97(61-105-62-97)65-107-85-47-35-77(36-48-85)99(75-23-15-9-16-24-75)91-55-73(69-19-11-7-12-20-69)33-51-87(91)89-53-45-81(57-93(89)99)103(83-39-27-67(3)95(101)59-83)79-41-29-71(30-42-79)72-31-43-80(44-32-72)104(84-40-28-68(4)96(102)60-84)82-46-54-90-88-52-34-74(70-21-13-8-14-22-70)56-92(88)100(94(90)58-82,76-25-17-10-18-26-76)78-37-49-86(50-38-78)108-66-98(6-2)63-106-64-98/h7-60H,5-6,61-66H2,1-4H3. The maximum absolute atomic E-state index is 16.3. The molecule has 4 aliphatic rings. The van der Waals surface area contributed by atoms with E-state index in [-0.39, 0.29) is 22.5 Å². The molecule has 2 aliphatic carbocycles. The van der Waals surface area contributed by atoms with Crippen LogP contribution in [0.2, 0.25) is 0 Å². The van der Waals surface area contributed by atoms with Gasteiger partial charge < -0.3 is 28.7 Å².